The minimum absolute atomic E-state index is 0.101. The van der Waals surface area contributed by atoms with E-state index in [9.17, 15) is 9.90 Å². The predicted molar refractivity (Wildman–Crippen MR) is 84.6 cm³/mol. The largest absolute Gasteiger partial charge is 0.506 e. The molecule has 0 aliphatic carbocycles. The fourth-order valence-corrected chi connectivity index (χ4v) is 2.25. The van der Waals surface area contributed by atoms with Crippen LogP contribution in [0.15, 0.2) is 29.1 Å². The topological polar surface area (TPSA) is 76.4 Å². The van der Waals surface area contributed by atoms with E-state index >= 15 is 0 Å². The monoisotopic (exact) mass is 303 g/mol. The zero-order valence-electron chi connectivity index (χ0n) is 13.1. The van der Waals surface area contributed by atoms with Gasteiger partial charge in [-0.15, -0.1) is 0 Å². The Morgan fingerprint density at radius 2 is 1.91 bits per heavy atom. The zero-order valence-corrected chi connectivity index (χ0v) is 13.1. The summed E-state index contributed by atoms with van der Waals surface area (Å²) >= 11 is 0. The van der Waals surface area contributed by atoms with Crippen LogP contribution in [0, 0.1) is 13.8 Å². The molecule has 2 aromatic rings. The maximum Gasteiger partial charge on any atom is 0.275 e. The minimum atomic E-state index is -0.358. The molecule has 6 heteroatoms. The second-order valence-corrected chi connectivity index (χ2v) is 5.24. The van der Waals surface area contributed by atoms with Gasteiger partial charge in [-0.25, -0.2) is 0 Å². The lowest BCUT2D eigenvalue weighted by atomic mass is 10.1. The van der Waals surface area contributed by atoms with Crippen molar-refractivity contribution in [2.75, 3.05) is 20.3 Å². The van der Waals surface area contributed by atoms with Crippen LogP contribution in [0.5, 0.6) is 5.75 Å². The summed E-state index contributed by atoms with van der Waals surface area (Å²) < 4.78 is 6.26. The first-order valence-corrected chi connectivity index (χ1v) is 7.12. The molecular formula is C16H21N3O3. The summed E-state index contributed by atoms with van der Waals surface area (Å²) in [6, 6.07) is 7.00. The lowest BCUT2D eigenvalue weighted by Crippen LogP contribution is -2.25. The highest BCUT2D eigenvalue weighted by Crippen LogP contribution is 2.14. The Labute approximate surface area is 129 Å². The van der Waals surface area contributed by atoms with Gasteiger partial charge >= 0.3 is 0 Å². The third-order valence-electron chi connectivity index (χ3n) is 3.21. The van der Waals surface area contributed by atoms with Crippen molar-refractivity contribution < 1.29 is 9.84 Å². The standard InChI is InChI=1S/C16H21N3O3/c1-11-6-12(2)8-13(7-11)19-16(21)9-15(20)14(18-19)10-17-4-5-22-3/h6-9,17,20H,4-5,10H2,1-3H3. The lowest BCUT2D eigenvalue weighted by Gasteiger charge is -2.11. The maximum absolute atomic E-state index is 12.1. The number of hydrogen-bond donors (Lipinski definition) is 2. The van der Waals surface area contributed by atoms with Gasteiger partial charge in [-0.05, 0) is 37.1 Å². The van der Waals surface area contributed by atoms with E-state index in [0.29, 0.717) is 31.1 Å². The van der Waals surface area contributed by atoms with E-state index in [1.807, 2.05) is 32.0 Å². The summed E-state index contributed by atoms with van der Waals surface area (Å²) in [6.45, 7) is 5.50. The van der Waals surface area contributed by atoms with Crippen molar-refractivity contribution >= 4 is 0 Å². The van der Waals surface area contributed by atoms with Crippen LogP contribution in [-0.4, -0.2) is 35.1 Å². The smallest absolute Gasteiger partial charge is 0.275 e. The van der Waals surface area contributed by atoms with Crippen molar-refractivity contribution in [1.29, 1.82) is 0 Å². The molecule has 22 heavy (non-hydrogen) atoms. The number of ether oxygens (including phenoxy) is 1. The Hall–Kier alpha value is -2.18. The zero-order chi connectivity index (χ0) is 16.1. The average Bonchev–Trinajstić information content (AvgIpc) is 2.44. The molecule has 6 nitrogen and oxygen atoms in total. The Morgan fingerprint density at radius 3 is 2.55 bits per heavy atom. The average molecular weight is 303 g/mol. The quantitative estimate of drug-likeness (QED) is 0.787. The lowest BCUT2D eigenvalue weighted by molar-refractivity contribution is 0.199. The molecule has 0 bridgehead atoms. The van der Waals surface area contributed by atoms with E-state index in [-0.39, 0.29) is 11.3 Å². The number of nitrogens with zero attached hydrogens (tertiary/aromatic N) is 2. The first-order valence-electron chi connectivity index (χ1n) is 7.12. The first-order chi connectivity index (χ1) is 10.5. The van der Waals surface area contributed by atoms with E-state index in [1.165, 1.54) is 10.7 Å². The van der Waals surface area contributed by atoms with Gasteiger partial charge in [-0.2, -0.15) is 9.78 Å². The molecule has 1 aromatic heterocycles. The molecule has 1 heterocycles. The van der Waals surface area contributed by atoms with Crippen LogP contribution >= 0.6 is 0 Å². The second-order valence-electron chi connectivity index (χ2n) is 5.24. The van der Waals surface area contributed by atoms with Crippen LogP contribution in [0.2, 0.25) is 0 Å². The molecule has 2 N–H and O–H groups in total. The number of aromatic hydroxyl groups is 1. The Balaban J connectivity index is 2.33. The van der Waals surface area contributed by atoms with Gasteiger partial charge in [0.2, 0.25) is 0 Å². The molecule has 0 radical (unpaired) electrons. The van der Waals surface area contributed by atoms with Gasteiger partial charge in [0.05, 0.1) is 12.3 Å². The molecule has 0 amide bonds. The summed E-state index contributed by atoms with van der Waals surface area (Å²) in [6.07, 6.45) is 0. The first kappa shape index (κ1) is 16.2. The number of aromatic nitrogens is 2. The van der Waals surface area contributed by atoms with E-state index in [2.05, 4.69) is 10.4 Å². The molecule has 0 atom stereocenters. The molecule has 2 rings (SSSR count). The van der Waals surface area contributed by atoms with E-state index in [0.717, 1.165) is 11.1 Å². The summed E-state index contributed by atoms with van der Waals surface area (Å²) in [5.41, 5.74) is 2.87. The summed E-state index contributed by atoms with van der Waals surface area (Å²) in [5, 5.41) is 17.3. The highest BCUT2D eigenvalue weighted by Gasteiger charge is 2.10. The number of methoxy groups -OCH3 is 1. The molecule has 0 saturated carbocycles. The normalized spacial score (nSPS) is 10.9. The summed E-state index contributed by atoms with van der Waals surface area (Å²) in [4.78, 5) is 12.1. The molecule has 118 valence electrons. The summed E-state index contributed by atoms with van der Waals surface area (Å²) in [5.74, 6) is -0.101. The molecular weight excluding hydrogens is 282 g/mol. The molecule has 0 saturated heterocycles. The summed E-state index contributed by atoms with van der Waals surface area (Å²) in [7, 11) is 1.62. The van der Waals surface area contributed by atoms with Gasteiger partial charge in [-0.3, -0.25) is 4.79 Å². The highest BCUT2D eigenvalue weighted by atomic mass is 16.5. The van der Waals surface area contributed by atoms with Crippen molar-refractivity contribution in [3.63, 3.8) is 0 Å². The predicted octanol–water partition coefficient (Wildman–Crippen LogP) is 1.29. The molecule has 0 unspecified atom stereocenters. The van der Waals surface area contributed by atoms with Crippen LogP contribution in [0.3, 0.4) is 0 Å². The van der Waals surface area contributed by atoms with E-state index in [4.69, 9.17) is 4.74 Å². The maximum atomic E-state index is 12.1. The van der Waals surface area contributed by atoms with Gasteiger partial charge in [-0.1, -0.05) is 6.07 Å². The van der Waals surface area contributed by atoms with Gasteiger partial charge in [0.1, 0.15) is 11.4 Å². The third kappa shape index (κ3) is 3.93. The van der Waals surface area contributed by atoms with Crippen LogP contribution in [0.4, 0.5) is 0 Å². The van der Waals surface area contributed by atoms with Gasteiger partial charge in [0, 0.05) is 26.3 Å². The Bertz CT molecular complexity index is 690. The molecule has 0 fully saturated rings. The molecule has 0 spiro atoms. The second kappa shape index (κ2) is 7.20. The number of hydrogen-bond acceptors (Lipinski definition) is 5. The van der Waals surface area contributed by atoms with Crippen molar-refractivity contribution in [3.8, 4) is 11.4 Å². The van der Waals surface area contributed by atoms with Crippen LogP contribution in [-0.2, 0) is 11.3 Å². The highest BCUT2D eigenvalue weighted by molar-refractivity contribution is 5.39. The SMILES string of the molecule is COCCNCc1nn(-c2cc(C)cc(C)c2)c(=O)cc1O. The van der Waals surface area contributed by atoms with Gasteiger partial charge < -0.3 is 15.2 Å². The Kier molecular flexibility index (Phi) is 5.30. The van der Waals surface area contributed by atoms with Crippen LogP contribution in [0.25, 0.3) is 5.69 Å². The molecule has 0 aliphatic heterocycles. The fraction of sp³-hybridized carbons (Fsp3) is 0.375. The van der Waals surface area contributed by atoms with Crippen LogP contribution < -0.4 is 10.9 Å². The number of rotatable bonds is 6. The van der Waals surface area contributed by atoms with Crippen molar-refractivity contribution in [2.45, 2.75) is 20.4 Å². The van der Waals surface area contributed by atoms with Crippen molar-refractivity contribution in [2.24, 2.45) is 0 Å². The number of aryl methyl sites for hydroxylation is 2. The Morgan fingerprint density at radius 1 is 1.23 bits per heavy atom. The third-order valence-corrected chi connectivity index (χ3v) is 3.21. The number of benzene rings is 1. The molecule has 0 aliphatic rings. The van der Waals surface area contributed by atoms with Crippen molar-refractivity contribution in [3.05, 3.63) is 51.4 Å². The van der Waals surface area contributed by atoms with E-state index in [1.54, 1.807) is 7.11 Å². The van der Waals surface area contributed by atoms with Crippen molar-refractivity contribution in [1.82, 2.24) is 15.1 Å². The van der Waals surface area contributed by atoms with Gasteiger partial charge in [0.15, 0.2) is 0 Å². The van der Waals surface area contributed by atoms with Crippen LogP contribution in [0.1, 0.15) is 16.8 Å². The van der Waals surface area contributed by atoms with Gasteiger partial charge in [0.25, 0.3) is 5.56 Å². The minimum Gasteiger partial charge on any atom is -0.506 e. The fourth-order valence-electron chi connectivity index (χ4n) is 2.25. The number of nitrogens with one attached hydrogen (secondary N) is 1. The molecule has 1 aromatic carbocycles. The van der Waals surface area contributed by atoms with E-state index < -0.39 is 0 Å².